The van der Waals surface area contributed by atoms with Crippen molar-refractivity contribution in [1.29, 1.82) is 0 Å². The molecule has 1 unspecified atom stereocenters. The second kappa shape index (κ2) is 2.66. The molecule has 3 N–H and O–H groups in total. The smallest absolute Gasteiger partial charge is 0.193 e. The summed E-state index contributed by atoms with van der Waals surface area (Å²) in [7, 11) is 1.82. The minimum Gasteiger partial charge on any atom is -0.379 e. The number of nitrogen functional groups attached to an aromatic ring is 1. The van der Waals surface area contributed by atoms with Crippen molar-refractivity contribution in [3.8, 4) is 0 Å². The third kappa shape index (κ3) is 1.08. The van der Waals surface area contributed by atoms with Crippen molar-refractivity contribution < 1.29 is 4.63 Å². The Balaban J connectivity index is 2.82. The molecule has 0 fully saturated rings. The molecule has 0 aliphatic rings. The first-order valence-corrected chi connectivity index (χ1v) is 3.01. The van der Waals surface area contributed by atoms with Crippen molar-refractivity contribution in [1.82, 2.24) is 15.6 Å². The standard InChI is InChI=1S/C5H10N4O/c1-3(7-2)4-5(6)9-10-8-4/h3,7H,1-2H3,(H2,6,9). The van der Waals surface area contributed by atoms with Gasteiger partial charge in [-0.25, -0.2) is 4.63 Å². The fourth-order valence-electron chi connectivity index (χ4n) is 0.640. The topological polar surface area (TPSA) is 77.0 Å². The fraction of sp³-hybridized carbons (Fsp3) is 0.600. The Morgan fingerprint density at radius 1 is 1.60 bits per heavy atom. The summed E-state index contributed by atoms with van der Waals surface area (Å²) in [5.41, 5.74) is 6.06. The normalized spacial score (nSPS) is 13.4. The van der Waals surface area contributed by atoms with Gasteiger partial charge in [-0.2, -0.15) is 0 Å². The van der Waals surface area contributed by atoms with Crippen LogP contribution in [-0.2, 0) is 0 Å². The van der Waals surface area contributed by atoms with Crippen LogP contribution in [0.3, 0.4) is 0 Å². The summed E-state index contributed by atoms with van der Waals surface area (Å²) in [5, 5.41) is 10.0. The number of nitrogens with zero attached hydrogens (tertiary/aromatic N) is 2. The Labute approximate surface area is 58.6 Å². The van der Waals surface area contributed by atoms with Crippen LogP contribution < -0.4 is 11.1 Å². The van der Waals surface area contributed by atoms with Gasteiger partial charge >= 0.3 is 0 Å². The third-order valence-electron chi connectivity index (χ3n) is 1.38. The lowest BCUT2D eigenvalue weighted by atomic mass is 10.2. The predicted molar refractivity (Wildman–Crippen MR) is 36.2 cm³/mol. The van der Waals surface area contributed by atoms with Crippen molar-refractivity contribution in [2.75, 3.05) is 12.8 Å². The van der Waals surface area contributed by atoms with Crippen LogP contribution in [0.25, 0.3) is 0 Å². The quantitative estimate of drug-likeness (QED) is 0.604. The van der Waals surface area contributed by atoms with Crippen LogP contribution in [0.15, 0.2) is 4.63 Å². The van der Waals surface area contributed by atoms with Gasteiger partial charge in [0.15, 0.2) is 5.82 Å². The van der Waals surface area contributed by atoms with Crippen LogP contribution in [0.5, 0.6) is 0 Å². The average Bonchev–Trinajstić information content (AvgIpc) is 2.34. The lowest BCUT2D eigenvalue weighted by Crippen LogP contribution is -2.14. The van der Waals surface area contributed by atoms with Gasteiger partial charge in [-0.05, 0) is 19.1 Å². The van der Waals surface area contributed by atoms with Gasteiger partial charge in [0.2, 0.25) is 0 Å². The first-order valence-electron chi connectivity index (χ1n) is 3.01. The van der Waals surface area contributed by atoms with E-state index in [2.05, 4.69) is 20.3 Å². The van der Waals surface area contributed by atoms with E-state index in [1.54, 1.807) is 0 Å². The Kier molecular flexibility index (Phi) is 1.86. The Hall–Kier alpha value is -1.10. The zero-order valence-corrected chi connectivity index (χ0v) is 5.96. The highest BCUT2D eigenvalue weighted by molar-refractivity contribution is 5.32. The summed E-state index contributed by atoms with van der Waals surface area (Å²) in [6, 6.07) is 0.0891. The van der Waals surface area contributed by atoms with Gasteiger partial charge in [-0.1, -0.05) is 5.16 Å². The maximum atomic E-state index is 5.41. The number of aromatic nitrogens is 2. The molecule has 0 saturated carbocycles. The maximum absolute atomic E-state index is 5.41. The molecule has 5 heteroatoms. The van der Waals surface area contributed by atoms with Crippen molar-refractivity contribution in [3.63, 3.8) is 0 Å². The lowest BCUT2D eigenvalue weighted by Gasteiger charge is -2.03. The molecule has 5 nitrogen and oxygen atoms in total. The molecule has 10 heavy (non-hydrogen) atoms. The number of hydrogen-bond acceptors (Lipinski definition) is 5. The maximum Gasteiger partial charge on any atom is 0.193 e. The zero-order chi connectivity index (χ0) is 7.56. The lowest BCUT2D eigenvalue weighted by molar-refractivity contribution is 0.301. The average molecular weight is 142 g/mol. The summed E-state index contributed by atoms with van der Waals surface area (Å²) < 4.78 is 4.40. The molecule has 0 aliphatic carbocycles. The second-order valence-corrected chi connectivity index (χ2v) is 2.05. The van der Waals surface area contributed by atoms with Gasteiger partial charge in [0, 0.05) is 0 Å². The van der Waals surface area contributed by atoms with Crippen LogP contribution in [0.1, 0.15) is 18.7 Å². The van der Waals surface area contributed by atoms with E-state index >= 15 is 0 Å². The minimum atomic E-state index is 0.0891. The van der Waals surface area contributed by atoms with Crippen molar-refractivity contribution in [2.24, 2.45) is 0 Å². The van der Waals surface area contributed by atoms with E-state index in [1.165, 1.54) is 0 Å². The fourth-order valence-corrected chi connectivity index (χ4v) is 0.640. The Morgan fingerprint density at radius 2 is 2.30 bits per heavy atom. The molecule has 1 atom stereocenters. The van der Waals surface area contributed by atoms with Gasteiger partial charge in [0.05, 0.1) is 6.04 Å². The molecule has 0 aliphatic heterocycles. The SMILES string of the molecule is CNC(C)c1nonc1N. The highest BCUT2D eigenvalue weighted by Crippen LogP contribution is 2.13. The van der Waals surface area contributed by atoms with Crippen LogP contribution in [0, 0.1) is 0 Å². The summed E-state index contributed by atoms with van der Waals surface area (Å²) in [5.74, 6) is 0.349. The van der Waals surface area contributed by atoms with Crippen LogP contribution in [0.2, 0.25) is 0 Å². The number of hydrogen-bond donors (Lipinski definition) is 2. The molecule has 0 saturated heterocycles. The first-order chi connectivity index (χ1) is 4.75. The number of nitrogens with two attached hydrogens (primary N) is 1. The molecule has 0 amide bonds. The zero-order valence-electron chi connectivity index (χ0n) is 5.96. The van der Waals surface area contributed by atoms with E-state index in [4.69, 9.17) is 5.73 Å². The van der Waals surface area contributed by atoms with Crippen molar-refractivity contribution >= 4 is 5.82 Å². The molecule has 0 aromatic carbocycles. The Morgan fingerprint density at radius 3 is 2.70 bits per heavy atom. The number of anilines is 1. The molecule has 0 spiro atoms. The van der Waals surface area contributed by atoms with Crippen LogP contribution in [0.4, 0.5) is 5.82 Å². The van der Waals surface area contributed by atoms with Crippen molar-refractivity contribution in [3.05, 3.63) is 5.69 Å². The molecule has 56 valence electrons. The molecule has 0 bridgehead atoms. The molecular formula is C5H10N4O. The van der Waals surface area contributed by atoms with E-state index in [0.29, 0.717) is 11.5 Å². The summed E-state index contributed by atoms with van der Waals surface area (Å²) in [4.78, 5) is 0. The first kappa shape index (κ1) is 7.01. The van der Waals surface area contributed by atoms with E-state index in [-0.39, 0.29) is 6.04 Å². The highest BCUT2D eigenvalue weighted by atomic mass is 16.6. The summed E-state index contributed by atoms with van der Waals surface area (Å²) in [6.45, 7) is 1.93. The van der Waals surface area contributed by atoms with Gasteiger partial charge in [0.1, 0.15) is 5.69 Å². The Bertz CT molecular complexity index is 209. The number of nitrogens with one attached hydrogen (secondary N) is 1. The van der Waals surface area contributed by atoms with E-state index in [1.807, 2.05) is 14.0 Å². The van der Waals surface area contributed by atoms with Gasteiger partial charge in [-0.15, -0.1) is 0 Å². The molecule has 1 heterocycles. The molecule has 1 rings (SSSR count). The van der Waals surface area contributed by atoms with Crippen LogP contribution >= 0.6 is 0 Å². The van der Waals surface area contributed by atoms with Gasteiger partial charge < -0.3 is 11.1 Å². The molecule has 1 aromatic heterocycles. The molecule has 1 aromatic rings. The van der Waals surface area contributed by atoms with Gasteiger partial charge in [-0.3, -0.25) is 0 Å². The van der Waals surface area contributed by atoms with Crippen LogP contribution in [-0.4, -0.2) is 17.4 Å². The summed E-state index contributed by atoms with van der Waals surface area (Å²) in [6.07, 6.45) is 0. The van der Waals surface area contributed by atoms with E-state index in [9.17, 15) is 0 Å². The van der Waals surface area contributed by atoms with Gasteiger partial charge in [0.25, 0.3) is 0 Å². The largest absolute Gasteiger partial charge is 0.379 e. The third-order valence-corrected chi connectivity index (χ3v) is 1.38. The monoisotopic (exact) mass is 142 g/mol. The molecular weight excluding hydrogens is 132 g/mol. The van der Waals surface area contributed by atoms with E-state index in [0.717, 1.165) is 0 Å². The summed E-state index contributed by atoms with van der Waals surface area (Å²) >= 11 is 0. The second-order valence-electron chi connectivity index (χ2n) is 2.05. The highest BCUT2D eigenvalue weighted by Gasteiger charge is 2.11. The van der Waals surface area contributed by atoms with Crippen molar-refractivity contribution in [2.45, 2.75) is 13.0 Å². The predicted octanol–water partition coefficient (Wildman–Crippen LogP) is -0.0678. The number of rotatable bonds is 2. The van der Waals surface area contributed by atoms with E-state index < -0.39 is 0 Å². The minimum absolute atomic E-state index is 0.0891. The molecule has 0 radical (unpaired) electrons.